The summed E-state index contributed by atoms with van der Waals surface area (Å²) in [6, 6.07) is 22.0. The zero-order valence-corrected chi connectivity index (χ0v) is 21.3. The van der Waals surface area contributed by atoms with Crippen molar-refractivity contribution in [2.45, 2.75) is 18.2 Å². The number of hydrogen-bond acceptors (Lipinski definition) is 6. The van der Waals surface area contributed by atoms with Gasteiger partial charge in [-0.15, -0.1) is 10.2 Å². The largest absolute Gasteiger partial charge is 0.493 e. The molecule has 7 nitrogen and oxygen atoms in total. The van der Waals surface area contributed by atoms with Crippen LogP contribution in [0.2, 0.25) is 10.0 Å². The van der Waals surface area contributed by atoms with Crippen molar-refractivity contribution in [1.82, 2.24) is 14.8 Å². The summed E-state index contributed by atoms with van der Waals surface area (Å²) in [5.41, 5.74) is 1.38. The van der Waals surface area contributed by atoms with Crippen LogP contribution in [0.1, 0.15) is 18.9 Å². The predicted molar refractivity (Wildman–Crippen MR) is 139 cm³/mol. The number of amides is 1. The molecule has 1 atom stereocenters. The molecule has 1 heterocycles. The summed E-state index contributed by atoms with van der Waals surface area (Å²) in [5.74, 6) is 1.69. The van der Waals surface area contributed by atoms with Crippen LogP contribution in [-0.4, -0.2) is 33.5 Å². The number of carbonyl (C=O) groups is 1. The molecule has 1 aromatic heterocycles. The minimum absolute atomic E-state index is 0.108. The summed E-state index contributed by atoms with van der Waals surface area (Å²) in [6.45, 7) is 1.89. The number of nitrogens with zero attached hydrogens (tertiary/aromatic N) is 3. The molecule has 0 radical (unpaired) electrons. The second-order valence-electron chi connectivity index (χ2n) is 7.42. The zero-order chi connectivity index (χ0) is 24.8. The average molecular weight is 529 g/mol. The van der Waals surface area contributed by atoms with E-state index in [1.54, 1.807) is 25.3 Å². The molecule has 180 valence electrons. The van der Waals surface area contributed by atoms with Crippen molar-refractivity contribution in [1.29, 1.82) is 0 Å². The maximum Gasteiger partial charge on any atom is 0.234 e. The molecule has 4 aromatic rings. The fourth-order valence-corrected chi connectivity index (χ4v) is 4.66. The molecule has 0 aliphatic carbocycles. The molecular formula is C25H22Cl2N4O3S. The van der Waals surface area contributed by atoms with Crippen molar-refractivity contribution in [3.8, 4) is 17.2 Å². The van der Waals surface area contributed by atoms with Gasteiger partial charge in [-0.1, -0.05) is 65.3 Å². The molecule has 3 aromatic carbocycles. The van der Waals surface area contributed by atoms with Crippen LogP contribution in [-0.2, 0) is 4.79 Å². The molecule has 1 amide bonds. The number of benzene rings is 3. The lowest BCUT2D eigenvalue weighted by Gasteiger charge is -2.18. The highest BCUT2D eigenvalue weighted by molar-refractivity contribution is 7.99. The smallest absolute Gasteiger partial charge is 0.234 e. The van der Waals surface area contributed by atoms with Gasteiger partial charge in [-0.25, -0.2) is 0 Å². The number of rotatable bonds is 9. The van der Waals surface area contributed by atoms with Gasteiger partial charge in [0.25, 0.3) is 0 Å². The van der Waals surface area contributed by atoms with Gasteiger partial charge in [0.1, 0.15) is 0 Å². The minimum atomic E-state index is -0.448. The summed E-state index contributed by atoms with van der Waals surface area (Å²) in [4.78, 5) is 12.6. The number of nitrogens with one attached hydrogen (secondary N) is 1. The van der Waals surface area contributed by atoms with Crippen LogP contribution >= 0.6 is 35.0 Å². The predicted octanol–water partition coefficient (Wildman–Crippen LogP) is 6.45. The molecule has 0 saturated carbocycles. The summed E-state index contributed by atoms with van der Waals surface area (Å²) in [6.07, 6.45) is -0.448. The Bertz CT molecular complexity index is 1300. The molecule has 0 fully saturated rings. The summed E-state index contributed by atoms with van der Waals surface area (Å²) >= 11 is 13.3. The summed E-state index contributed by atoms with van der Waals surface area (Å²) in [5, 5.41) is 13.0. The van der Waals surface area contributed by atoms with Gasteiger partial charge in [-0.2, -0.15) is 0 Å². The van der Waals surface area contributed by atoms with E-state index in [9.17, 15) is 4.79 Å². The standard InChI is InChI=1S/C25H22Cl2N4O3S/c1-16(34-22-11-7-6-10-21(22)33-2)24-29-30-25(31(24)20-8-4-3-5-9-20)35-15-23(32)28-19-13-17(26)12-18(27)14-19/h3-14,16H,15H2,1-2H3,(H,28,32). The van der Waals surface area contributed by atoms with E-state index in [-0.39, 0.29) is 11.7 Å². The Kier molecular flexibility index (Phi) is 8.17. The first-order valence-electron chi connectivity index (χ1n) is 10.6. The van der Waals surface area contributed by atoms with E-state index >= 15 is 0 Å². The van der Waals surface area contributed by atoms with E-state index in [1.807, 2.05) is 66.1 Å². The first-order chi connectivity index (χ1) is 16.9. The number of aromatic nitrogens is 3. The van der Waals surface area contributed by atoms with Crippen LogP contribution in [0.4, 0.5) is 5.69 Å². The Hall–Kier alpha value is -3.20. The van der Waals surface area contributed by atoms with E-state index in [2.05, 4.69) is 15.5 Å². The molecule has 0 bridgehead atoms. The van der Waals surface area contributed by atoms with E-state index < -0.39 is 6.10 Å². The minimum Gasteiger partial charge on any atom is -0.493 e. The van der Waals surface area contributed by atoms with E-state index in [4.69, 9.17) is 32.7 Å². The average Bonchev–Trinajstić information content (AvgIpc) is 3.27. The first-order valence-corrected chi connectivity index (χ1v) is 12.4. The topological polar surface area (TPSA) is 78.3 Å². The van der Waals surface area contributed by atoms with Crippen LogP contribution in [0.3, 0.4) is 0 Å². The Balaban J connectivity index is 1.55. The van der Waals surface area contributed by atoms with Gasteiger partial charge >= 0.3 is 0 Å². The van der Waals surface area contributed by atoms with Crippen LogP contribution in [0.25, 0.3) is 5.69 Å². The van der Waals surface area contributed by atoms with Crippen molar-refractivity contribution < 1.29 is 14.3 Å². The van der Waals surface area contributed by atoms with E-state index in [0.717, 1.165) is 5.69 Å². The van der Waals surface area contributed by atoms with E-state index in [0.29, 0.717) is 38.2 Å². The molecular weight excluding hydrogens is 507 g/mol. The highest BCUT2D eigenvalue weighted by atomic mass is 35.5. The van der Waals surface area contributed by atoms with Crippen molar-refractivity contribution in [2.24, 2.45) is 0 Å². The Labute approximate surface area is 217 Å². The molecule has 1 N–H and O–H groups in total. The number of anilines is 1. The lowest BCUT2D eigenvalue weighted by atomic mass is 10.3. The second kappa shape index (κ2) is 11.5. The third kappa shape index (κ3) is 6.28. The van der Waals surface area contributed by atoms with Crippen LogP contribution < -0.4 is 14.8 Å². The Morgan fingerprint density at radius 3 is 2.34 bits per heavy atom. The summed E-state index contributed by atoms with van der Waals surface area (Å²) in [7, 11) is 1.59. The molecule has 1 unspecified atom stereocenters. The molecule has 0 aliphatic heterocycles. The molecule has 0 aliphatic rings. The molecule has 0 saturated heterocycles. The van der Waals surface area contributed by atoms with Gasteiger partial charge in [0.2, 0.25) is 5.91 Å². The Morgan fingerprint density at radius 1 is 1.00 bits per heavy atom. The normalized spacial score (nSPS) is 11.7. The number of ether oxygens (including phenoxy) is 2. The third-order valence-electron chi connectivity index (χ3n) is 4.89. The third-order valence-corrected chi connectivity index (χ3v) is 6.25. The van der Waals surface area contributed by atoms with Gasteiger partial charge in [-0.3, -0.25) is 9.36 Å². The molecule has 10 heteroatoms. The fourth-order valence-electron chi connectivity index (χ4n) is 3.37. The number of halogens is 2. The van der Waals surface area contributed by atoms with Crippen LogP contribution in [0.5, 0.6) is 11.5 Å². The number of thioether (sulfide) groups is 1. The Morgan fingerprint density at radius 2 is 1.66 bits per heavy atom. The maximum atomic E-state index is 12.6. The first kappa shape index (κ1) is 24.9. The number of methoxy groups -OCH3 is 1. The van der Waals surface area contributed by atoms with Crippen LogP contribution in [0, 0.1) is 0 Å². The number of hydrogen-bond donors (Lipinski definition) is 1. The maximum absolute atomic E-state index is 12.6. The van der Waals surface area contributed by atoms with Gasteiger partial charge in [0.05, 0.1) is 12.9 Å². The number of para-hydroxylation sites is 3. The van der Waals surface area contributed by atoms with Crippen molar-refractivity contribution in [3.05, 3.63) is 88.7 Å². The SMILES string of the molecule is COc1ccccc1OC(C)c1nnc(SCC(=O)Nc2cc(Cl)cc(Cl)c2)n1-c1ccccc1. The highest BCUT2D eigenvalue weighted by Gasteiger charge is 2.22. The summed E-state index contributed by atoms with van der Waals surface area (Å²) < 4.78 is 13.4. The molecule has 0 spiro atoms. The second-order valence-corrected chi connectivity index (χ2v) is 9.23. The van der Waals surface area contributed by atoms with Crippen molar-refractivity contribution in [3.63, 3.8) is 0 Å². The lowest BCUT2D eigenvalue weighted by Crippen LogP contribution is -2.15. The van der Waals surface area contributed by atoms with Crippen molar-refractivity contribution >= 4 is 46.6 Å². The molecule has 35 heavy (non-hydrogen) atoms. The number of carbonyl (C=O) groups excluding carboxylic acids is 1. The van der Waals surface area contributed by atoms with E-state index in [1.165, 1.54) is 11.8 Å². The van der Waals surface area contributed by atoms with Crippen molar-refractivity contribution in [2.75, 3.05) is 18.2 Å². The lowest BCUT2D eigenvalue weighted by molar-refractivity contribution is -0.113. The monoisotopic (exact) mass is 528 g/mol. The van der Waals surface area contributed by atoms with Gasteiger partial charge in [-0.05, 0) is 49.4 Å². The van der Waals surface area contributed by atoms with Gasteiger partial charge in [0.15, 0.2) is 28.6 Å². The van der Waals surface area contributed by atoms with Crippen LogP contribution in [0.15, 0.2) is 78.0 Å². The van der Waals surface area contributed by atoms with Gasteiger partial charge < -0.3 is 14.8 Å². The van der Waals surface area contributed by atoms with Gasteiger partial charge in [0, 0.05) is 21.4 Å². The fraction of sp³-hybridized carbons (Fsp3) is 0.160. The quantitative estimate of drug-likeness (QED) is 0.251. The highest BCUT2D eigenvalue weighted by Crippen LogP contribution is 2.32. The molecule has 4 rings (SSSR count). The zero-order valence-electron chi connectivity index (χ0n) is 18.9.